The Bertz CT molecular complexity index is 1050. The van der Waals surface area contributed by atoms with E-state index >= 15 is 0 Å². The summed E-state index contributed by atoms with van der Waals surface area (Å²) in [5.41, 5.74) is 6.03. The largest absolute Gasteiger partial charge is 0.416 e. The molecule has 10 heteroatoms. The van der Waals surface area contributed by atoms with E-state index in [4.69, 9.17) is 28.9 Å². The van der Waals surface area contributed by atoms with E-state index in [2.05, 4.69) is 21.0 Å². The Hall–Kier alpha value is -2.21. The highest BCUT2D eigenvalue weighted by atomic mass is 79.9. The van der Waals surface area contributed by atoms with Crippen LogP contribution in [-0.4, -0.2) is 9.78 Å². The molecule has 0 unspecified atom stereocenters. The number of alkyl halides is 3. The summed E-state index contributed by atoms with van der Waals surface area (Å²) in [6.45, 7) is 0. The van der Waals surface area contributed by atoms with Gasteiger partial charge in [0.15, 0.2) is 5.69 Å². The van der Waals surface area contributed by atoms with E-state index in [-0.39, 0.29) is 27.2 Å². The Balaban J connectivity index is 2.23. The normalized spacial score (nSPS) is 11.4. The molecule has 0 saturated carbocycles. The van der Waals surface area contributed by atoms with Crippen molar-refractivity contribution in [3.8, 4) is 22.9 Å². The Morgan fingerprint density at radius 2 is 1.67 bits per heavy atom. The van der Waals surface area contributed by atoms with Crippen molar-refractivity contribution in [3.05, 3.63) is 62.2 Å². The van der Waals surface area contributed by atoms with Crippen molar-refractivity contribution in [2.45, 2.75) is 6.18 Å². The van der Waals surface area contributed by atoms with Gasteiger partial charge in [0.25, 0.3) is 0 Å². The molecule has 2 N–H and O–H groups in total. The minimum atomic E-state index is -4.61. The minimum absolute atomic E-state index is 0.0122. The zero-order valence-corrected chi connectivity index (χ0v) is 16.2. The number of hydrogen-bond donors (Lipinski definition) is 1. The second-order valence-corrected chi connectivity index (χ2v) is 7.16. The molecule has 0 fully saturated rings. The van der Waals surface area contributed by atoms with E-state index in [1.165, 1.54) is 0 Å². The van der Waals surface area contributed by atoms with Gasteiger partial charge in [0.05, 0.1) is 21.2 Å². The van der Waals surface area contributed by atoms with Crippen LogP contribution in [-0.2, 0) is 6.18 Å². The van der Waals surface area contributed by atoms with Crippen LogP contribution in [0.25, 0.3) is 16.8 Å². The summed E-state index contributed by atoms with van der Waals surface area (Å²) < 4.78 is 40.7. The van der Waals surface area contributed by atoms with Crippen molar-refractivity contribution in [3.63, 3.8) is 0 Å². The maximum atomic E-state index is 12.9. The Morgan fingerprint density at radius 1 is 1.11 bits per heavy atom. The zero-order chi connectivity index (χ0) is 19.9. The number of nitrogens with two attached hydrogens (primary N) is 1. The topological polar surface area (TPSA) is 67.6 Å². The van der Waals surface area contributed by atoms with Crippen LogP contribution < -0.4 is 5.73 Å². The first-order valence-corrected chi connectivity index (χ1v) is 8.79. The second-order valence-electron chi connectivity index (χ2n) is 5.43. The van der Waals surface area contributed by atoms with E-state index in [9.17, 15) is 18.4 Å². The fraction of sp³-hybridized carbons (Fsp3) is 0.0588. The molecule has 1 heterocycles. The summed E-state index contributed by atoms with van der Waals surface area (Å²) in [5, 5.41) is 12.9. The lowest BCUT2D eigenvalue weighted by Gasteiger charge is -2.13. The molecule has 0 amide bonds. The van der Waals surface area contributed by atoms with E-state index in [0.29, 0.717) is 11.1 Å². The number of rotatable bonds is 2. The van der Waals surface area contributed by atoms with Crippen LogP contribution in [0.4, 0.5) is 19.0 Å². The molecule has 4 nitrogen and oxygen atoms in total. The van der Waals surface area contributed by atoms with Gasteiger partial charge in [-0.1, -0.05) is 51.3 Å². The minimum Gasteiger partial charge on any atom is -0.383 e. The third-order valence-electron chi connectivity index (χ3n) is 3.72. The number of aromatic nitrogens is 2. The molecule has 138 valence electrons. The van der Waals surface area contributed by atoms with Crippen molar-refractivity contribution >= 4 is 44.9 Å². The van der Waals surface area contributed by atoms with E-state index < -0.39 is 11.7 Å². The number of nitrogen functional groups attached to an aromatic ring is 1. The summed E-state index contributed by atoms with van der Waals surface area (Å²) in [6, 6.07) is 10.3. The Morgan fingerprint density at radius 3 is 2.15 bits per heavy atom. The molecule has 0 atom stereocenters. The molecule has 0 aliphatic carbocycles. The highest BCUT2D eigenvalue weighted by Crippen LogP contribution is 2.40. The van der Waals surface area contributed by atoms with Crippen LogP contribution >= 0.6 is 39.1 Å². The number of nitriles is 1. The van der Waals surface area contributed by atoms with Gasteiger partial charge < -0.3 is 5.73 Å². The molecule has 0 bridgehead atoms. The van der Waals surface area contributed by atoms with Gasteiger partial charge in [-0.3, -0.25) is 0 Å². The van der Waals surface area contributed by atoms with Crippen molar-refractivity contribution in [1.29, 1.82) is 5.26 Å². The number of nitrogens with zero attached hydrogens (tertiary/aromatic N) is 3. The van der Waals surface area contributed by atoms with Crippen molar-refractivity contribution in [2.24, 2.45) is 0 Å². The Kier molecular flexibility index (Phi) is 5.12. The van der Waals surface area contributed by atoms with Gasteiger partial charge in [-0.2, -0.15) is 23.5 Å². The molecular formula is C17H8BrCl2F3N4. The Labute approximate surface area is 170 Å². The molecule has 0 saturated heterocycles. The molecule has 0 radical (unpaired) electrons. The summed E-state index contributed by atoms with van der Waals surface area (Å²) in [6.07, 6.45) is -4.61. The molecule has 1 aromatic heterocycles. The lowest BCUT2D eigenvalue weighted by molar-refractivity contribution is -0.137. The maximum absolute atomic E-state index is 12.9. The SMILES string of the molecule is N#Cc1nn(-c2c(Cl)cc(C(F)(F)F)cc2Cl)c(N)c1-c1ccc(Br)cc1. The van der Waals surface area contributed by atoms with Gasteiger partial charge in [0.2, 0.25) is 0 Å². The lowest BCUT2D eigenvalue weighted by Crippen LogP contribution is -2.08. The number of anilines is 1. The van der Waals surface area contributed by atoms with Gasteiger partial charge in [-0.05, 0) is 29.8 Å². The first-order valence-electron chi connectivity index (χ1n) is 7.24. The second kappa shape index (κ2) is 7.08. The van der Waals surface area contributed by atoms with Crippen molar-refractivity contribution in [2.75, 3.05) is 5.73 Å². The lowest BCUT2D eigenvalue weighted by atomic mass is 10.1. The number of hydrogen-bond acceptors (Lipinski definition) is 3. The molecule has 3 aromatic rings. The van der Waals surface area contributed by atoms with Crippen molar-refractivity contribution in [1.82, 2.24) is 9.78 Å². The van der Waals surface area contributed by atoms with E-state index in [1.807, 2.05) is 6.07 Å². The van der Waals surface area contributed by atoms with Crippen molar-refractivity contribution < 1.29 is 13.2 Å². The summed E-state index contributed by atoms with van der Waals surface area (Å²) in [5.74, 6) is 0.0254. The number of benzene rings is 2. The molecule has 3 rings (SSSR count). The predicted octanol–water partition coefficient (Wildman–Crippen LogP) is 6.08. The zero-order valence-electron chi connectivity index (χ0n) is 13.2. The fourth-order valence-electron chi connectivity index (χ4n) is 2.51. The highest BCUT2D eigenvalue weighted by Gasteiger charge is 2.33. The first-order chi connectivity index (χ1) is 12.6. The van der Waals surface area contributed by atoms with Gasteiger partial charge in [0.1, 0.15) is 17.6 Å². The van der Waals surface area contributed by atoms with Crippen LogP contribution in [0, 0.1) is 11.3 Å². The molecule has 0 aliphatic rings. The predicted molar refractivity (Wildman–Crippen MR) is 101 cm³/mol. The van der Waals surface area contributed by atoms with Crippen LogP contribution in [0.5, 0.6) is 0 Å². The van der Waals surface area contributed by atoms with Crippen LogP contribution in [0.3, 0.4) is 0 Å². The van der Waals surface area contributed by atoms with E-state index in [1.54, 1.807) is 24.3 Å². The summed E-state index contributed by atoms with van der Waals surface area (Å²) in [7, 11) is 0. The molecule has 0 spiro atoms. The highest BCUT2D eigenvalue weighted by molar-refractivity contribution is 9.10. The number of halogens is 6. The van der Waals surface area contributed by atoms with Crippen LogP contribution in [0.15, 0.2) is 40.9 Å². The summed E-state index contributed by atoms with van der Waals surface area (Å²) >= 11 is 15.4. The fourth-order valence-corrected chi connectivity index (χ4v) is 3.42. The third-order valence-corrected chi connectivity index (χ3v) is 4.82. The van der Waals surface area contributed by atoms with Gasteiger partial charge in [0, 0.05) is 4.47 Å². The van der Waals surface area contributed by atoms with E-state index in [0.717, 1.165) is 21.3 Å². The van der Waals surface area contributed by atoms with Gasteiger partial charge >= 0.3 is 6.18 Å². The quantitative estimate of drug-likeness (QED) is 0.488. The third kappa shape index (κ3) is 3.63. The molecular weight excluding hydrogens is 468 g/mol. The van der Waals surface area contributed by atoms with Crippen LogP contribution in [0.2, 0.25) is 10.0 Å². The maximum Gasteiger partial charge on any atom is 0.416 e. The molecule has 2 aromatic carbocycles. The first kappa shape index (κ1) is 19.5. The summed E-state index contributed by atoms with van der Waals surface area (Å²) in [4.78, 5) is 0. The molecule has 27 heavy (non-hydrogen) atoms. The standard InChI is InChI=1S/C17H8BrCl2F3N4/c18-10-3-1-8(2-4-10)14-13(7-24)26-27(16(14)25)15-11(19)5-9(6-12(15)20)17(21,22)23/h1-6H,25H2. The molecule has 0 aliphatic heterocycles. The van der Waals surface area contributed by atoms with Crippen LogP contribution in [0.1, 0.15) is 11.3 Å². The monoisotopic (exact) mass is 474 g/mol. The van der Waals surface area contributed by atoms with Gasteiger partial charge in [-0.25, -0.2) is 4.68 Å². The average molecular weight is 476 g/mol. The smallest absolute Gasteiger partial charge is 0.383 e. The van der Waals surface area contributed by atoms with Gasteiger partial charge in [-0.15, -0.1) is 0 Å². The average Bonchev–Trinajstić information content (AvgIpc) is 2.91.